The Morgan fingerprint density at radius 3 is 2.70 bits per heavy atom. The Balaban J connectivity index is 1.80. The highest BCUT2D eigenvalue weighted by atomic mass is 15.4. The quantitative estimate of drug-likeness (QED) is 0.724. The molecule has 0 atom stereocenters. The lowest BCUT2D eigenvalue weighted by atomic mass is 10.2. The Bertz CT molecular complexity index is 780. The molecule has 120 valence electrons. The summed E-state index contributed by atoms with van der Waals surface area (Å²) in [7, 11) is 4.12. The number of anilines is 3. The lowest BCUT2D eigenvalue weighted by molar-refractivity contribution is 0.399. The molecule has 7 heteroatoms. The number of para-hydroxylation sites is 1. The smallest absolute Gasteiger partial charge is 0.247 e. The maximum atomic E-state index is 6.02. The van der Waals surface area contributed by atoms with E-state index in [1.54, 1.807) is 4.52 Å². The van der Waals surface area contributed by atoms with Gasteiger partial charge in [0.05, 0.1) is 11.9 Å². The van der Waals surface area contributed by atoms with Crippen LogP contribution in [-0.2, 0) is 6.42 Å². The zero-order chi connectivity index (χ0) is 16.2. The van der Waals surface area contributed by atoms with E-state index in [1.807, 2.05) is 36.5 Å². The van der Waals surface area contributed by atoms with Crippen molar-refractivity contribution in [1.29, 1.82) is 0 Å². The SMILES string of the molecule is CN(C)CCCc1cn2nc(Nc3ccccc3)nc2c(N)n1. The fraction of sp³-hybridized carbons (Fsp3) is 0.312. The number of aryl methyl sites for hydroxylation is 1. The third-order valence-corrected chi connectivity index (χ3v) is 3.46. The van der Waals surface area contributed by atoms with Gasteiger partial charge in [-0.1, -0.05) is 18.2 Å². The van der Waals surface area contributed by atoms with Gasteiger partial charge in [-0.3, -0.25) is 0 Å². The highest BCUT2D eigenvalue weighted by molar-refractivity contribution is 5.63. The molecule has 0 bridgehead atoms. The molecule has 2 aromatic heterocycles. The van der Waals surface area contributed by atoms with E-state index in [2.05, 4.69) is 39.4 Å². The molecule has 0 aliphatic rings. The summed E-state index contributed by atoms with van der Waals surface area (Å²) in [5, 5.41) is 7.60. The average Bonchev–Trinajstić information content (AvgIpc) is 2.91. The summed E-state index contributed by atoms with van der Waals surface area (Å²) in [6.45, 7) is 1.01. The van der Waals surface area contributed by atoms with Gasteiger partial charge in [0.25, 0.3) is 0 Å². The number of nitrogens with one attached hydrogen (secondary N) is 1. The Labute approximate surface area is 135 Å². The van der Waals surface area contributed by atoms with Crippen LogP contribution >= 0.6 is 0 Å². The number of hydrogen-bond acceptors (Lipinski definition) is 6. The monoisotopic (exact) mass is 311 g/mol. The average molecular weight is 311 g/mol. The van der Waals surface area contributed by atoms with Gasteiger partial charge < -0.3 is 16.0 Å². The normalized spacial score (nSPS) is 11.3. The number of rotatable bonds is 6. The van der Waals surface area contributed by atoms with Gasteiger partial charge in [-0.25, -0.2) is 9.50 Å². The van der Waals surface area contributed by atoms with Crippen molar-refractivity contribution < 1.29 is 0 Å². The Kier molecular flexibility index (Phi) is 4.38. The summed E-state index contributed by atoms with van der Waals surface area (Å²) >= 11 is 0. The van der Waals surface area contributed by atoms with Crippen LogP contribution in [0.1, 0.15) is 12.1 Å². The van der Waals surface area contributed by atoms with E-state index in [9.17, 15) is 0 Å². The van der Waals surface area contributed by atoms with Crippen molar-refractivity contribution in [2.45, 2.75) is 12.8 Å². The molecule has 0 spiro atoms. The van der Waals surface area contributed by atoms with E-state index < -0.39 is 0 Å². The number of aromatic nitrogens is 4. The summed E-state index contributed by atoms with van der Waals surface area (Å²) < 4.78 is 1.69. The molecule has 0 amide bonds. The number of nitrogen functional groups attached to an aromatic ring is 1. The van der Waals surface area contributed by atoms with Crippen LogP contribution in [-0.4, -0.2) is 45.1 Å². The molecule has 0 saturated heterocycles. The van der Waals surface area contributed by atoms with Gasteiger partial charge >= 0.3 is 0 Å². The van der Waals surface area contributed by atoms with Crippen LogP contribution in [0.3, 0.4) is 0 Å². The zero-order valence-corrected chi connectivity index (χ0v) is 13.4. The van der Waals surface area contributed by atoms with E-state index in [1.165, 1.54) is 0 Å². The number of hydrogen-bond donors (Lipinski definition) is 2. The second-order valence-corrected chi connectivity index (χ2v) is 5.72. The molecular formula is C16H21N7. The van der Waals surface area contributed by atoms with Gasteiger partial charge in [-0.2, -0.15) is 4.98 Å². The summed E-state index contributed by atoms with van der Waals surface area (Å²) in [6.07, 6.45) is 3.78. The summed E-state index contributed by atoms with van der Waals surface area (Å²) in [5.74, 6) is 0.913. The minimum atomic E-state index is 0.404. The lowest BCUT2D eigenvalue weighted by Gasteiger charge is -2.08. The number of fused-ring (bicyclic) bond motifs is 1. The van der Waals surface area contributed by atoms with Gasteiger partial charge in [0.1, 0.15) is 0 Å². The minimum Gasteiger partial charge on any atom is -0.381 e. The molecule has 0 fully saturated rings. The van der Waals surface area contributed by atoms with E-state index in [0.29, 0.717) is 17.4 Å². The van der Waals surface area contributed by atoms with Crippen molar-refractivity contribution >= 4 is 23.1 Å². The molecule has 0 saturated carbocycles. The zero-order valence-electron chi connectivity index (χ0n) is 13.4. The highest BCUT2D eigenvalue weighted by Crippen LogP contribution is 2.16. The first-order valence-corrected chi connectivity index (χ1v) is 7.60. The van der Waals surface area contributed by atoms with Crippen molar-refractivity contribution in [1.82, 2.24) is 24.5 Å². The van der Waals surface area contributed by atoms with Crippen molar-refractivity contribution in [3.8, 4) is 0 Å². The molecule has 3 rings (SSSR count). The van der Waals surface area contributed by atoms with Gasteiger partial charge in [-0.05, 0) is 45.6 Å². The Morgan fingerprint density at radius 2 is 1.96 bits per heavy atom. The van der Waals surface area contributed by atoms with Crippen LogP contribution in [0.25, 0.3) is 5.65 Å². The molecular weight excluding hydrogens is 290 g/mol. The van der Waals surface area contributed by atoms with Gasteiger partial charge in [-0.15, -0.1) is 5.10 Å². The van der Waals surface area contributed by atoms with E-state index in [4.69, 9.17) is 5.73 Å². The predicted octanol–water partition coefficient (Wildman–Crippen LogP) is 1.94. The van der Waals surface area contributed by atoms with Crippen LogP contribution in [0, 0.1) is 0 Å². The summed E-state index contributed by atoms with van der Waals surface area (Å²) in [6, 6.07) is 9.79. The lowest BCUT2D eigenvalue weighted by Crippen LogP contribution is -2.14. The van der Waals surface area contributed by atoms with Crippen LogP contribution in [0.2, 0.25) is 0 Å². The standard InChI is InChI=1S/C16H21N7/c1-22(2)10-6-9-13-11-23-15(14(17)18-13)20-16(21-23)19-12-7-4-3-5-8-12/h3-5,7-8,11H,6,9-10H2,1-2H3,(H2,17,18)(H,19,21). The third-order valence-electron chi connectivity index (χ3n) is 3.46. The van der Waals surface area contributed by atoms with Crippen LogP contribution in [0.5, 0.6) is 0 Å². The molecule has 0 aliphatic heterocycles. The fourth-order valence-electron chi connectivity index (χ4n) is 2.36. The first-order valence-electron chi connectivity index (χ1n) is 7.60. The number of nitrogens with zero attached hydrogens (tertiary/aromatic N) is 5. The summed E-state index contributed by atoms with van der Waals surface area (Å²) in [5.41, 5.74) is 8.45. The molecule has 3 N–H and O–H groups in total. The largest absolute Gasteiger partial charge is 0.381 e. The highest BCUT2D eigenvalue weighted by Gasteiger charge is 2.10. The second kappa shape index (κ2) is 6.62. The van der Waals surface area contributed by atoms with Crippen molar-refractivity contribution in [3.05, 3.63) is 42.2 Å². The molecule has 3 aromatic rings. The summed E-state index contributed by atoms with van der Waals surface area (Å²) in [4.78, 5) is 11.0. The molecule has 2 heterocycles. The van der Waals surface area contributed by atoms with Crippen LogP contribution in [0.4, 0.5) is 17.5 Å². The van der Waals surface area contributed by atoms with Crippen molar-refractivity contribution in [3.63, 3.8) is 0 Å². The van der Waals surface area contributed by atoms with E-state index in [-0.39, 0.29) is 0 Å². The minimum absolute atomic E-state index is 0.404. The maximum absolute atomic E-state index is 6.02. The van der Waals surface area contributed by atoms with Crippen molar-refractivity contribution in [2.75, 3.05) is 31.7 Å². The van der Waals surface area contributed by atoms with E-state index >= 15 is 0 Å². The van der Waals surface area contributed by atoms with Gasteiger partial charge in [0.2, 0.25) is 5.95 Å². The second-order valence-electron chi connectivity index (χ2n) is 5.72. The van der Waals surface area contributed by atoms with E-state index in [0.717, 1.165) is 30.8 Å². The molecule has 1 aromatic carbocycles. The third kappa shape index (κ3) is 3.75. The maximum Gasteiger partial charge on any atom is 0.247 e. The molecule has 0 aliphatic carbocycles. The first-order chi connectivity index (χ1) is 11.1. The van der Waals surface area contributed by atoms with Gasteiger partial charge in [0.15, 0.2) is 11.5 Å². The first kappa shape index (κ1) is 15.2. The number of nitrogens with two attached hydrogens (primary N) is 1. The topological polar surface area (TPSA) is 84.4 Å². The van der Waals surface area contributed by atoms with Crippen LogP contribution < -0.4 is 11.1 Å². The Hall–Kier alpha value is -2.67. The van der Waals surface area contributed by atoms with Crippen molar-refractivity contribution in [2.24, 2.45) is 0 Å². The Morgan fingerprint density at radius 1 is 1.17 bits per heavy atom. The predicted molar refractivity (Wildman–Crippen MR) is 91.8 cm³/mol. The van der Waals surface area contributed by atoms with Gasteiger partial charge in [0, 0.05) is 5.69 Å². The fourth-order valence-corrected chi connectivity index (χ4v) is 2.36. The molecule has 0 unspecified atom stereocenters. The van der Waals surface area contributed by atoms with Crippen LogP contribution in [0.15, 0.2) is 36.5 Å². The molecule has 0 radical (unpaired) electrons. The number of benzene rings is 1. The molecule has 7 nitrogen and oxygen atoms in total. The molecule has 23 heavy (non-hydrogen) atoms.